The number of aliphatic hydroxyl groups is 1. The molecule has 1 N–H and O–H groups in total. The SMILES string of the molecule is CC/C=C\C/C=C\C/C=C\C/C=C\C/C=C\C/C=C\CCCCCCCCCCCCCCCCCCC(=O)OC(CO)COC(=O)CC/C=C\C/C=C\C/C=C\C/C=C\CC. The second-order valence-corrected chi connectivity index (χ2v) is 16.1. The predicted octanol–water partition coefficient (Wildman–Crippen LogP) is 16.7. The van der Waals surface area contributed by atoms with Crippen LogP contribution in [0.25, 0.3) is 0 Å². The number of ether oxygens (including phenoxy) is 2. The average molecular weight is 857 g/mol. The zero-order chi connectivity index (χ0) is 44.9. The maximum absolute atomic E-state index is 12.2. The summed E-state index contributed by atoms with van der Waals surface area (Å²) >= 11 is 0. The van der Waals surface area contributed by atoms with Crippen LogP contribution < -0.4 is 0 Å². The van der Waals surface area contributed by atoms with E-state index in [1.54, 1.807) is 0 Å². The zero-order valence-electron chi connectivity index (χ0n) is 39.8. The first kappa shape index (κ1) is 58.3. The van der Waals surface area contributed by atoms with Crippen molar-refractivity contribution in [3.63, 3.8) is 0 Å². The molecule has 1 unspecified atom stereocenters. The van der Waals surface area contributed by atoms with Crippen LogP contribution >= 0.6 is 0 Å². The standard InChI is InChI=1S/C57H92O5/c1-3-5-7-9-11-13-15-17-18-19-20-21-22-23-24-25-26-27-28-29-30-31-32-33-34-35-36-37-38-40-42-44-46-48-50-52-57(60)62-55(53-58)54-61-56(59)51-49-47-45-43-41-39-16-14-12-10-8-6-4-2/h5-8,11-14,17-18,20-21,23-24,26-27,39,41,45,47,55,58H,3-4,9-10,15-16,19,22,25,28-38,40,42-44,46,48-54H2,1-2H3/b7-5-,8-6-,13-11-,14-12-,18-17-,21-20-,24-23-,27-26-,41-39-,47-45-. The van der Waals surface area contributed by atoms with Gasteiger partial charge in [-0.25, -0.2) is 0 Å². The fraction of sp³-hybridized carbons (Fsp3) is 0.614. The molecule has 0 bridgehead atoms. The molecule has 0 fully saturated rings. The molecule has 0 rings (SSSR count). The van der Waals surface area contributed by atoms with Crippen molar-refractivity contribution in [3.05, 3.63) is 122 Å². The molecule has 0 aromatic rings. The number of aliphatic hydroxyl groups excluding tert-OH is 1. The van der Waals surface area contributed by atoms with Crippen molar-refractivity contribution in [2.75, 3.05) is 13.2 Å². The molecule has 0 saturated carbocycles. The molecular weight excluding hydrogens is 765 g/mol. The van der Waals surface area contributed by atoms with Gasteiger partial charge in [-0.1, -0.05) is 225 Å². The highest BCUT2D eigenvalue weighted by Crippen LogP contribution is 2.15. The maximum Gasteiger partial charge on any atom is 0.306 e. The highest BCUT2D eigenvalue weighted by atomic mass is 16.6. The lowest BCUT2D eigenvalue weighted by Gasteiger charge is -2.15. The lowest BCUT2D eigenvalue weighted by atomic mass is 10.0. The van der Waals surface area contributed by atoms with Crippen molar-refractivity contribution in [3.8, 4) is 0 Å². The lowest BCUT2D eigenvalue weighted by Crippen LogP contribution is -2.28. The summed E-state index contributed by atoms with van der Waals surface area (Å²) in [4.78, 5) is 24.3. The van der Waals surface area contributed by atoms with Crippen LogP contribution in [0.15, 0.2) is 122 Å². The van der Waals surface area contributed by atoms with Crippen molar-refractivity contribution in [2.45, 2.75) is 213 Å². The molecule has 1 atom stereocenters. The van der Waals surface area contributed by atoms with Crippen LogP contribution in [0.5, 0.6) is 0 Å². The molecule has 0 radical (unpaired) electrons. The summed E-state index contributed by atoms with van der Waals surface area (Å²) < 4.78 is 10.6. The smallest absolute Gasteiger partial charge is 0.306 e. The largest absolute Gasteiger partial charge is 0.462 e. The molecule has 0 aliphatic rings. The first-order chi connectivity index (χ1) is 30.6. The number of hydrogen-bond donors (Lipinski definition) is 1. The minimum atomic E-state index is -0.807. The van der Waals surface area contributed by atoms with E-state index < -0.39 is 6.10 Å². The molecule has 0 aliphatic heterocycles. The average Bonchev–Trinajstić information content (AvgIpc) is 3.28. The van der Waals surface area contributed by atoms with E-state index >= 15 is 0 Å². The van der Waals surface area contributed by atoms with Crippen LogP contribution in [-0.4, -0.2) is 36.4 Å². The van der Waals surface area contributed by atoms with Gasteiger partial charge in [0.05, 0.1) is 6.61 Å². The summed E-state index contributed by atoms with van der Waals surface area (Å²) in [5, 5.41) is 9.59. The van der Waals surface area contributed by atoms with Crippen LogP contribution in [0, 0.1) is 0 Å². The van der Waals surface area contributed by atoms with Crippen LogP contribution in [0.2, 0.25) is 0 Å². The van der Waals surface area contributed by atoms with Gasteiger partial charge in [0.25, 0.3) is 0 Å². The topological polar surface area (TPSA) is 72.8 Å². The molecule has 5 heteroatoms. The van der Waals surface area contributed by atoms with Crippen molar-refractivity contribution >= 4 is 11.9 Å². The Morgan fingerprint density at radius 2 is 0.677 bits per heavy atom. The second kappa shape index (κ2) is 51.6. The molecule has 350 valence electrons. The van der Waals surface area contributed by atoms with E-state index in [1.165, 1.54) is 89.9 Å². The number of carbonyl (C=O) groups is 2. The Labute approximate surface area is 382 Å². The predicted molar refractivity (Wildman–Crippen MR) is 269 cm³/mol. The Bertz CT molecular complexity index is 1290. The highest BCUT2D eigenvalue weighted by Gasteiger charge is 2.16. The second-order valence-electron chi connectivity index (χ2n) is 16.1. The van der Waals surface area contributed by atoms with Crippen molar-refractivity contribution in [2.24, 2.45) is 0 Å². The Balaban J connectivity index is 3.53. The summed E-state index contributed by atoms with van der Waals surface area (Å²) in [6.07, 6.45) is 76.1. The van der Waals surface area contributed by atoms with Gasteiger partial charge in [0.2, 0.25) is 0 Å². The van der Waals surface area contributed by atoms with Gasteiger partial charge in [-0.2, -0.15) is 0 Å². The molecular formula is C57H92O5. The van der Waals surface area contributed by atoms with E-state index in [1.807, 2.05) is 12.2 Å². The van der Waals surface area contributed by atoms with Crippen LogP contribution in [0.3, 0.4) is 0 Å². The Morgan fingerprint density at radius 1 is 0.371 bits per heavy atom. The third-order valence-corrected chi connectivity index (χ3v) is 10.3. The van der Waals surface area contributed by atoms with Crippen LogP contribution in [0.1, 0.15) is 206 Å². The summed E-state index contributed by atoms with van der Waals surface area (Å²) in [6.45, 7) is 3.83. The number of esters is 2. The zero-order valence-corrected chi connectivity index (χ0v) is 39.8. The van der Waals surface area contributed by atoms with Gasteiger partial charge in [0, 0.05) is 12.8 Å². The van der Waals surface area contributed by atoms with Crippen LogP contribution in [0.4, 0.5) is 0 Å². The van der Waals surface area contributed by atoms with E-state index in [0.29, 0.717) is 12.8 Å². The molecule has 5 nitrogen and oxygen atoms in total. The van der Waals surface area contributed by atoms with E-state index in [-0.39, 0.29) is 31.6 Å². The van der Waals surface area contributed by atoms with E-state index in [2.05, 4.69) is 123 Å². The molecule has 0 heterocycles. The van der Waals surface area contributed by atoms with Gasteiger partial charge >= 0.3 is 11.9 Å². The number of carbonyl (C=O) groups excluding carboxylic acids is 2. The quantitative estimate of drug-likeness (QED) is 0.0375. The van der Waals surface area contributed by atoms with Crippen LogP contribution in [-0.2, 0) is 19.1 Å². The van der Waals surface area contributed by atoms with Gasteiger partial charge in [-0.3, -0.25) is 9.59 Å². The van der Waals surface area contributed by atoms with Gasteiger partial charge < -0.3 is 14.6 Å². The molecule has 0 amide bonds. The minimum Gasteiger partial charge on any atom is -0.462 e. The van der Waals surface area contributed by atoms with Crippen molar-refractivity contribution in [1.29, 1.82) is 0 Å². The van der Waals surface area contributed by atoms with E-state index in [0.717, 1.165) is 83.5 Å². The number of unbranched alkanes of at least 4 members (excludes halogenated alkanes) is 16. The number of rotatable bonds is 44. The summed E-state index contributed by atoms with van der Waals surface area (Å²) in [5.74, 6) is -0.691. The Kier molecular flexibility index (Phi) is 48.6. The van der Waals surface area contributed by atoms with Gasteiger partial charge in [-0.15, -0.1) is 0 Å². The summed E-state index contributed by atoms with van der Waals surface area (Å²) in [7, 11) is 0. The fourth-order valence-electron chi connectivity index (χ4n) is 6.57. The third-order valence-electron chi connectivity index (χ3n) is 10.3. The minimum absolute atomic E-state index is 0.109. The van der Waals surface area contributed by atoms with Crippen molar-refractivity contribution < 1.29 is 24.2 Å². The first-order valence-corrected chi connectivity index (χ1v) is 25.1. The van der Waals surface area contributed by atoms with Gasteiger partial charge in [0.1, 0.15) is 6.61 Å². The molecule has 0 spiro atoms. The normalized spacial score (nSPS) is 13.3. The summed E-state index contributed by atoms with van der Waals surface area (Å²) in [6, 6.07) is 0. The lowest BCUT2D eigenvalue weighted by molar-refractivity contribution is -0.161. The Morgan fingerprint density at radius 3 is 1.03 bits per heavy atom. The van der Waals surface area contributed by atoms with Gasteiger partial charge in [-0.05, 0) is 89.9 Å². The van der Waals surface area contributed by atoms with E-state index in [9.17, 15) is 14.7 Å². The number of hydrogen-bond acceptors (Lipinski definition) is 5. The number of allylic oxidation sites excluding steroid dienone is 20. The first-order valence-electron chi connectivity index (χ1n) is 25.1. The van der Waals surface area contributed by atoms with Gasteiger partial charge in [0.15, 0.2) is 6.10 Å². The Hall–Kier alpha value is -3.70. The van der Waals surface area contributed by atoms with Crippen molar-refractivity contribution in [1.82, 2.24) is 0 Å². The fourth-order valence-corrected chi connectivity index (χ4v) is 6.57. The molecule has 0 aromatic carbocycles. The maximum atomic E-state index is 12.2. The molecule has 0 aromatic heterocycles. The molecule has 62 heavy (non-hydrogen) atoms. The monoisotopic (exact) mass is 857 g/mol. The molecule has 0 saturated heterocycles. The summed E-state index contributed by atoms with van der Waals surface area (Å²) in [5.41, 5.74) is 0. The third kappa shape index (κ3) is 49.0. The highest BCUT2D eigenvalue weighted by molar-refractivity contribution is 5.70. The molecule has 0 aliphatic carbocycles. The van der Waals surface area contributed by atoms with E-state index in [4.69, 9.17) is 9.47 Å².